The van der Waals surface area contributed by atoms with E-state index in [1.165, 1.54) is 0 Å². The van der Waals surface area contributed by atoms with E-state index in [2.05, 4.69) is 55.4 Å². The van der Waals surface area contributed by atoms with E-state index in [9.17, 15) is 5.11 Å². The lowest BCUT2D eigenvalue weighted by atomic mass is 9.72. The van der Waals surface area contributed by atoms with E-state index >= 15 is 0 Å². The van der Waals surface area contributed by atoms with Crippen molar-refractivity contribution in [3.05, 3.63) is 0 Å². The van der Waals surface area contributed by atoms with Crippen molar-refractivity contribution in [1.82, 2.24) is 0 Å². The molecule has 0 spiro atoms. The first-order valence-corrected chi connectivity index (χ1v) is 7.24. The molecule has 3 unspecified atom stereocenters. The van der Waals surface area contributed by atoms with Crippen LogP contribution < -0.4 is 0 Å². The van der Waals surface area contributed by atoms with Crippen LogP contribution in [0.2, 0.25) is 0 Å². The van der Waals surface area contributed by atoms with Gasteiger partial charge in [0, 0.05) is 5.41 Å². The van der Waals surface area contributed by atoms with Crippen molar-refractivity contribution >= 4 is 0 Å². The van der Waals surface area contributed by atoms with Crippen molar-refractivity contribution < 1.29 is 9.84 Å². The topological polar surface area (TPSA) is 29.5 Å². The maximum Gasteiger partial charge on any atom is 0.160 e. The molecular formula is C16H34O2. The first kappa shape index (κ1) is 17.9. The molecule has 0 aromatic rings. The van der Waals surface area contributed by atoms with E-state index in [4.69, 9.17) is 4.74 Å². The second kappa shape index (κ2) is 6.38. The lowest BCUT2D eigenvalue weighted by Crippen LogP contribution is -2.43. The number of ether oxygens (including phenoxy) is 1. The van der Waals surface area contributed by atoms with Crippen LogP contribution in [0.25, 0.3) is 0 Å². The lowest BCUT2D eigenvalue weighted by molar-refractivity contribution is -0.226. The van der Waals surface area contributed by atoms with E-state index in [1.54, 1.807) is 0 Å². The molecular weight excluding hydrogens is 224 g/mol. The molecule has 2 nitrogen and oxygen atoms in total. The second-order valence-corrected chi connectivity index (χ2v) is 7.76. The fourth-order valence-electron chi connectivity index (χ4n) is 2.05. The number of hydrogen-bond donors (Lipinski definition) is 1. The Hall–Kier alpha value is -0.0800. The summed E-state index contributed by atoms with van der Waals surface area (Å²) < 4.78 is 5.90. The molecule has 0 rings (SSSR count). The third-order valence-corrected chi connectivity index (χ3v) is 4.28. The normalized spacial score (nSPS) is 20.0. The fraction of sp³-hybridized carbons (Fsp3) is 1.00. The Morgan fingerprint density at radius 3 is 1.67 bits per heavy atom. The van der Waals surface area contributed by atoms with Gasteiger partial charge in [0.2, 0.25) is 0 Å². The predicted molar refractivity (Wildman–Crippen MR) is 78.4 cm³/mol. The Kier molecular flexibility index (Phi) is 6.35. The third-order valence-electron chi connectivity index (χ3n) is 4.28. The van der Waals surface area contributed by atoms with E-state index in [0.717, 1.165) is 6.42 Å². The van der Waals surface area contributed by atoms with Crippen molar-refractivity contribution in [2.45, 2.75) is 81.1 Å². The van der Waals surface area contributed by atoms with Gasteiger partial charge in [0.1, 0.15) is 0 Å². The monoisotopic (exact) mass is 258 g/mol. The van der Waals surface area contributed by atoms with Gasteiger partial charge < -0.3 is 9.84 Å². The molecule has 110 valence electrons. The smallest absolute Gasteiger partial charge is 0.160 e. The fourth-order valence-corrected chi connectivity index (χ4v) is 2.05. The summed E-state index contributed by atoms with van der Waals surface area (Å²) in [5, 5.41) is 10.5. The summed E-state index contributed by atoms with van der Waals surface area (Å²) in [7, 11) is 0. The summed E-state index contributed by atoms with van der Waals surface area (Å²) in [6, 6.07) is 0. The van der Waals surface area contributed by atoms with Gasteiger partial charge in [-0.15, -0.1) is 0 Å². The highest BCUT2D eigenvalue weighted by Crippen LogP contribution is 2.39. The zero-order chi connectivity index (χ0) is 14.7. The molecule has 0 aromatic carbocycles. The van der Waals surface area contributed by atoms with E-state index in [-0.39, 0.29) is 16.9 Å². The maximum absolute atomic E-state index is 10.5. The Morgan fingerprint density at radius 1 is 0.944 bits per heavy atom. The number of aliphatic hydroxyl groups excluding tert-OH is 1. The molecule has 2 heteroatoms. The number of rotatable bonds is 6. The zero-order valence-electron chi connectivity index (χ0n) is 13.9. The highest BCUT2D eigenvalue weighted by atomic mass is 16.6. The average molecular weight is 258 g/mol. The summed E-state index contributed by atoms with van der Waals surface area (Å²) in [5.74, 6) is 0.947. The number of aliphatic hydroxyl groups is 1. The van der Waals surface area contributed by atoms with Crippen molar-refractivity contribution in [1.29, 1.82) is 0 Å². The first-order valence-electron chi connectivity index (χ1n) is 7.24. The summed E-state index contributed by atoms with van der Waals surface area (Å²) in [6.45, 7) is 19.3. The molecule has 0 fully saturated rings. The molecule has 3 atom stereocenters. The van der Waals surface area contributed by atoms with Gasteiger partial charge in [-0.1, -0.05) is 55.4 Å². The summed E-state index contributed by atoms with van der Waals surface area (Å²) in [6.07, 6.45) is 0.315. The van der Waals surface area contributed by atoms with Crippen LogP contribution in [0.1, 0.15) is 68.7 Å². The van der Waals surface area contributed by atoms with Crippen LogP contribution in [-0.2, 0) is 4.74 Å². The van der Waals surface area contributed by atoms with Gasteiger partial charge in [-0.3, -0.25) is 0 Å². The van der Waals surface area contributed by atoms with Crippen molar-refractivity contribution in [2.24, 2.45) is 22.7 Å². The second-order valence-electron chi connectivity index (χ2n) is 7.76. The van der Waals surface area contributed by atoms with E-state index in [1.807, 2.05) is 6.92 Å². The van der Waals surface area contributed by atoms with Gasteiger partial charge >= 0.3 is 0 Å². The first-order chi connectivity index (χ1) is 7.91. The minimum atomic E-state index is -0.700. The standard InChI is InChI=1S/C16H34O2/c1-11(2)10-16(9,12(3)4)14(17)18-13(5)15(6,7)8/h11-14,17H,10H2,1-9H3. The van der Waals surface area contributed by atoms with Gasteiger partial charge in [0.25, 0.3) is 0 Å². The van der Waals surface area contributed by atoms with Crippen molar-refractivity contribution in [3.8, 4) is 0 Å². The Morgan fingerprint density at radius 2 is 1.39 bits per heavy atom. The molecule has 0 saturated heterocycles. The highest BCUT2D eigenvalue weighted by molar-refractivity contribution is 4.83. The largest absolute Gasteiger partial charge is 0.367 e. The SMILES string of the molecule is CC(C)CC(C)(C(C)C)C(O)OC(C)C(C)(C)C. The summed E-state index contributed by atoms with van der Waals surface area (Å²) in [5.41, 5.74) is -0.135. The van der Waals surface area contributed by atoms with Gasteiger partial charge in [-0.2, -0.15) is 0 Å². The maximum atomic E-state index is 10.5. The van der Waals surface area contributed by atoms with Crippen molar-refractivity contribution in [2.75, 3.05) is 0 Å². The Labute approximate surface area is 114 Å². The van der Waals surface area contributed by atoms with Crippen LogP contribution >= 0.6 is 0 Å². The quantitative estimate of drug-likeness (QED) is 0.713. The van der Waals surface area contributed by atoms with Crippen LogP contribution in [0.5, 0.6) is 0 Å². The number of hydrogen-bond acceptors (Lipinski definition) is 2. The predicted octanol–water partition coefficient (Wildman–Crippen LogP) is 4.46. The van der Waals surface area contributed by atoms with Crippen LogP contribution in [0.3, 0.4) is 0 Å². The molecule has 1 N–H and O–H groups in total. The molecule has 0 aliphatic rings. The minimum Gasteiger partial charge on any atom is -0.367 e. The van der Waals surface area contributed by atoms with Crippen LogP contribution in [0.4, 0.5) is 0 Å². The van der Waals surface area contributed by atoms with Crippen LogP contribution in [0.15, 0.2) is 0 Å². The molecule has 0 bridgehead atoms. The minimum absolute atomic E-state index is 0.0396. The summed E-state index contributed by atoms with van der Waals surface area (Å²) in [4.78, 5) is 0. The molecule has 18 heavy (non-hydrogen) atoms. The molecule has 0 saturated carbocycles. The van der Waals surface area contributed by atoms with Gasteiger partial charge in [0.05, 0.1) is 6.10 Å². The summed E-state index contributed by atoms with van der Waals surface area (Å²) >= 11 is 0. The van der Waals surface area contributed by atoms with E-state index < -0.39 is 6.29 Å². The van der Waals surface area contributed by atoms with Gasteiger partial charge in [-0.25, -0.2) is 0 Å². The molecule has 0 aliphatic carbocycles. The highest BCUT2D eigenvalue weighted by Gasteiger charge is 2.39. The average Bonchev–Trinajstić information content (AvgIpc) is 2.14. The Bertz CT molecular complexity index is 240. The Balaban J connectivity index is 4.83. The van der Waals surface area contributed by atoms with Crippen LogP contribution in [-0.4, -0.2) is 17.5 Å². The molecule has 0 radical (unpaired) electrons. The molecule has 0 amide bonds. The zero-order valence-corrected chi connectivity index (χ0v) is 13.9. The van der Waals surface area contributed by atoms with Gasteiger partial charge in [-0.05, 0) is 30.6 Å². The van der Waals surface area contributed by atoms with E-state index in [0.29, 0.717) is 11.8 Å². The molecule has 0 heterocycles. The van der Waals surface area contributed by atoms with Crippen molar-refractivity contribution in [3.63, 3.8) is 0 Å². The van der Waals surface area contributed by atoms with Crippen LogP contribution in [0, 0.1) is 22.7 Å². The third kappa shape index (κ3) is 4.89. The van der Waals surface area contributed by atoms with Gasteiger partial charge in [0.15, 0.2) is 6.29 Å². The molecule has 0 aromatic heterocycles. The lowest BCUT2D eigenvalue weighted by Gasteiger charge is -2.42. The molecule has 0 aliphatic heterocycles.